The first-order valence-electron chi connectivity index (χ1n) is 5.57. The summed E-state index contributed by atoms with van der Waals surface area (Å²) in [7, 11) is 0. The van der Waals surface area contributed by atoms with Gasteiger partial charge in [0.25, 0.3) is 0 Å². The summed E-state index contributed by atoms with van der Waals surface area (Å²) in [5, 5.41) is 16.4. The average Bonchev–Trinajstić information content (AvgIpc) is 2.80. The summed E-state index contributed by atoms with van der Waals surface area (Å²) in [6.45, 7) is 4.72. The van der Waals surface area contributed by atoms with E-state index in [2.05, 4.69) is 9.97 Å². The van der Waals surface area contributed by atoms with E-state index in [0.29, 0.717) is 5.82 Å². The van der Waals surface area contributed by atoms with Crippen LogP contribution in [0, 0.1) is 5.41 Å². The minimum atomic E-state index is -1.43. The topological polar surface area (TPSA) is 137 Å². The van der Waals surface area contributed by atoms with Crippen molar-refractivity contribution in [1.29, 1.82) is 0 Å². The SMILES string of the molecule is CC(C)(C)C(=O)C(=O)O.O=C(O)C(=O)Cc1ncc[nH]1. The summed E-state index contributed by atoms with van der Waals surface area (Å²) in [5.74, 6) is -4.02. The Morgan fingerprint density at radius 2 is 1.70 bits per heavy atom. The molecule has 0 saturated heterocycles. The van der Waals surface area contributed by atoms with E-state index in [-0.39, 0.29) is 6.42 Å². The van der Waals surface area contributed by atoms with Gasteiger partial charge in [0.1, 0.15) is 5.82 Å². The van der Waals surface area contributed by atoms with Crippen LogP contribution in [-0.4, -0.2) is 43.7 Å². The number of carboxylic acid groups (broad SMARTS) is 2. The molecule has 20 heavy (non-hydrogen) atoms. The van der Waals surface area contributed by atoms with Crippen LogP contribution in [0.5, 0.6) is 0 Å². The minimum absolute atomic E-state index is 0.178. The summed E-state index contributed by atoms with van der Waals surface area (Å²) in [4.78, 5) is 47.5. The van der Waals surface area contributed by atoms with Crippen LogP contribution in [0.4, 0.5) is 0 Å². The Labute approximate surface area is 114 Å². The molecule has 110 valence electrons. The second-order valence-electron chi connectivity index (χ2n) is 4.83. The van der Waals surface area contributed by atoms with Gasteiger partial charge in [0, 0.05) is 17.8 Å². The molecular formula is C12H16N2O6. The molecular weight excluding hydrogens is 268 g/mol. The summed E-state index contributed by atoms with van der Waals surface area (Å²) in [5.41, 5.74) is -0.758. The number of hydrogen-bond donors (Lipinski definition) is 3. The van der Waals surface area contributed by atoms with E-state index >= 15 is 0 Å². The number of nitrogens with zero attached hydrogens (tertiary/aromatic N) is 1. The zero-order valence-electron chi connectivity index (χ0n) is 11.3. The summed E-state index contributed by atoms with van der Waals surface area (Å²) in [6, 6.07) is 0. The Kier molecular flexibility index (Phi) is 6.27. The largest absolute Gasteiger partial charge is 0.475 e. The van der Waals surface area contributed by atoms with Gasteiger partial charge in [-0.3, -0.25) is 9.59 Å². The first-order valence-corrected chi connectivity index (χ1v) is 5.57. The number of aromatic nitrogens is 2. The predicted molar refractivity (Wildman–Crippen MR) is 67.0 cm³/mol. The number of Topliss-reactive ketones (excluding diaryl/α,β-unsaturated/α-hetero) is 2. The van der Waals surface area contributed by atoms with E-state index in [4.69, 9.17) is 10.2 Å². The van der Waals surface area contributed by atoms with Crippen molar-refractivity contribution < 1.29 is 29.4 Å². The van der Waals surface area contributed by atoms with Crippen LogP contribution >= 0.6 is 0 Å². The third-order valence-corrected chi connectivity index (χ3v) is 2.00. The standard InChI is InChI=1S/C6H6N2O3.C6H10O3/c9-4(6(10)11)3-5-7-1-2-8-5;1-6(2,3)4(7)5(8)9/h1-2H,3H2,(H,7,8)(H,10,11);1-3H3,(H,8,9). The molecule has 0 saturated carbocycles. The molecule has 0 amide bonds. The molecule has 0 bridgehead atoms. The molecule has 1 rings (SSSR count). The predicted octanol–water partition coefficient (Wildman–Crippen LogP) is 0.292. The van der Waals surface area contributed by atoms with Gasteiger partial charge in [-0.2, -0.15) is 0 Å². The molecule has 0 aliphatic carbocycles. The molecule has 8 nitrogen and oxygen atoms in total. The van der Waals surface area contributed by atoms with Crippen LogP contribution in [-0.2, 0) is 25.6 Å². The van der Waals surface area contributed by atoms with Crippen LogP contribution < -0.4 is 0 Å². The number of aliphatic carboxylic acids is 2. The van der Waals surface area contributed by atoms with E-state index in [0.717, 1.165) is 0 Å². The van der Waals surface area contributed by atoms with Gasteiger partial charge in [0.05, 0.1) is 6.42 Å². The van der Waals surface area contributed by atoms with Gasteiger partial charge in [-0.15, -0.1) is 0 Å². The van der Waals surface area contributed by atoms with Gasteiger partial charge in [0.2, 0.25) is 11.6 Å². The highest BCUT2D eigenvalue weighted by molar-refractivity contribution is 6.34. The van der Waals surface area contributed by atoms with Crippen LogP contribution in [0.3, 0.4) is 0 Å². The van der Waals surface area contributed by atoms with Crippen molar-refractivity contribution in [2.45, 2.75) is 27.2 Å². The molecule has 0 aliphatic heterocycles. The lowest BCUT2D eigenvalue weighted by molar-refractivity contribution is -0.152. The number of imidazole rings is 1. The third-order valence-electron chi connectivity index (χ3n) is 2.00. The molecule has 3 N–H and O–H groups in total. The molecule has 0 atom stereocenters. The first-order chi connectivity index (χ1) is 9.05. The second-order valence-corrected chi connectivity index (χ2v) is 4.83. The number of carboxylic acids is 2. The van der Waals surface area contributed by atoms with Gasteiger partial charge in [-0.1, -0.05) is 20.8 Å². The number of carbonyl (C=O) groups excluding carboxylic acids is 2. The Balaban J connectivity index is 0.000000370. The molecule has 0 unspecified atom stereocenters. The quantitative estimate of drug-likeness (QED) is 0.675. The molecule has 0 aromatic carbocycles. The van der Waals surface area contributed by atoms with Crippen molar-refractivity contribution in [3.05, 3.63) is 18.2 Å². The van der Waals surface area contributed by atoms with Gasteiger partial charge in [-0.25, -0.2) is 14.6 Å². The molecule has 0 aliphatic rings. The highest BCUT2D eigenvalue weighted by Crippen LogP contribution is 2.13. The van der Waals surface area contributed by atoms with Crippen LogP contribution in [0.1, 0.15) is 26.6 Å². The van der Waals surface area contributed by atoms with Gasteiger partial charge < -0.3 is 15.2 Å². The van der Waals surface area contributed by atoms with E-state index in [1.807, 2.05) is 0 Å². The fourth-order valence-corrected chi connectivity index (χ4v) is 0.943. The van der Waals surface area contributed by atoms with E-state index < -0.39 is 28.9 Å². The lowest BCUT2D eigenvalue weighted by Gasteiger charge is -2.11. The average molecular weight is 284 g/mol. The number of aromatic amines is 1. The zero-order chi connectivity index (χ0) is 15.9. The Hall–Kier alpha value is -2.51. The van der Waals surface area contributed by atoms with Crippen LogP contribution in [0.15, 0.2) is 12.4 Å². The monoisotopic (exact) mass is 284 g/mol. The van der Waals surface area contributed by atoms with Crippen molar-refractivity contribution >= 4 is 23.5 Å². The van der Waals surface area contributed by atoms with Crippen molar-refractivity contribution in [3.63, 3.8) is 0 Å². The molecule has 0 fully saturated rings. The van der Waals surface area contributed by atoms with Gasteiger partial charge in [0.15, 0.2) is 0 Å². The zero-order valence-corrected chi connectivity index (χ0v) is 11.3. The summed E-state index contributed by atoms with van der Waals surface area (Å²) in [6.07, 6.45) is 2.82. The minimum Gasteiger partial charge on any atom is -0.475 e. The first kappa shape index (κ1) is 17.5. The lowest BCUT2D eigenvalue weighted by atomic mass is 9.91. The maximum absolute atomic E-state index is 10.6. The van der Waals surface area contributed by atoms with Crippen molar-refractivity contribution in [2.24, 2.45) is 5.41 Å². The summed E-state index contributed by atoms with van der Waals surface area (Å²) < 4.78 is 0. The maximum atomic E-state index is 10.6. The van der Waals surface area contributed by atoms with Crippen molar-refractivity contribution in [2.75, 3.05) is 0 Å². The highest BCUT2D eigenvalue weighted by Gasteiger charge is 2.27. The fourth-order valence-electron chi connectivity index (χ4n) is 0.943. The lowest BCUT2D eigenvalue weighted by Crippen LogP contribution is -2.27. The van der Waals surface area contributed by atoms with E-state index in [1.54, 1.807) is 20.8 Å². The Morgan fingerprint density at radius 3 is 1.95 bits per heavy atom. The molecule has 1 aromatic heterocycles. The number of hydrogen-bond acceptors (Lipinski definition) is 5. The molecule has 0 radical (unpaired) electrons. The number of H-pyrrole nitrogens is 1. The van der Waals surface area contributed by atoms with Gasteiger partial charge >= 0.3 is 11.9 Å². The van der Waals surface area contributed by atoms with E-state index in [1.165, 1.54) is 12.4 Å². The molecule has 1 aromatic rings. The van der Waals surface area contributed by atoms with Crippen LogP contribution in [0.25, 0.3) is 0 Å². The maximum Gasteiger partial charge on any atom is 0.372 e. The fraction of sp³-hybridized carbons (Fsp3) is 0.417. The van der Waals surface area contributed by atoms with E-state index in [9.17, 15) is 19.2 Å². The van der Waals surface area contributed by atoms with Crippen molar-refractivity contribution in [3.8, 4) is 0 Å². The smallest absolute Gasteiger partial charge is 0.372 e. The number of carbonyl (C=O) groups is 4. The normalized spacial score (nSPS) is 10.2. The molecule has 1 heterocycles. The molecule has 8 heteroatoms. The molecule has 0 spiro atoms. The van der Waals surface area contributed by atoms with Gasteiger partial charge in [-0.05, 0) is 0 Å². The number of nitrogens with one attached hydrogen (secondary N) is 1. The number of ketones is 2. The summed E-state index contributed by atoms with van der Waals surface area (Å²) >= 11 is 0. The third kappa shape index (κ3) is 6.43. The Morgan fingerprint density at radius 1 is 1.15 bits per heavy atom. The second kappa shape index (κ2) is 7.17. The number of rotatable bonds is 4. The van der Waals surface area contributed by atoms with Crippen LogP contribution in [0.2, 0.25) is 0 Å². The highest BCUT2D eigenvalue weighted by atomic mass is 16.4. The Bertz CT molecular complexity index is 499. The van der Waals surface area contributed by atoms with Crippen molar-refractivity contribution in [1.82, 2.24) is 9.97 Å².